The van der Waals surface area contributed by atoms with Gasteiger partial charge < -0.3 is 5.11 Å². The van der Waals surface area contributed by atoms with Gasteiger partial charge in [0.15, 0.2) is 0 Å². The summed E-state index contributed by atoms with van der Waals surface area (Å²) in [6, 6.07) is 0. The van der Waals surface area contributed by atoms with Crippen LogP contribution in [-0.4, -0.2) is 10.7 Å². The van der Waals surface area contributed by atoms with E-state index in [1.165, 1.54) is 76.2 Å². The zero-order chi connectivity index (χ0) is 22.9. The summed E-state index contributed by atoms with van der Waals surface area (Å²) in [7, 11) is 0. The van der Waals surface area contributed by atoms with E-state index in [1.54, 1.807) is 0 Å². The Morgan fingerprint density at radius 1 is 0.742 bits per heavy atom. The van der Waals surface area contributed by atoms with Gasteiger partial charge in [-0.1, -0.05) is 66.5 Å². The maximum atomic E-state index is 11.7. The van der Waals surface area contributed by atoms with Crippen LogP contribution in [0.2, 0.25) is 0 Å². The summed E-state index contributed by atoms with van der Waals surface area (Å²) in [5.41, 5.74) is 2.58. The molecule has 1 nitrogen and oxygen atoms in total. The van der Waals surface area contributed by atoms with E-state index in [0.29, 0.717) is 28.1 Å². The van der Waals surface area contributed by atoms with Gasteiger partial charge in [0.05, 0.1) is 5.60 Å². The standard InChI is InChI=1S/C30H52O/c1-21-11-13-23-26(2,3)16-9-18-28(23,6)22(21)12-14-25-29(7)19-10-17-27(4,5)24(29)15-20-30(25,8)31/h22-25,31H,1,9-20H2,2-8H3/t22-,23-,24-,25+,28+,29-,30+/m0/s1. The topological polar surface area (TPSA) is 20.2 Å². The third-order valence-corrected chi connectivity index (χ3v) is 11.8. The number of hydrogen-bond donors (Lipinski definition) is 1. The summed E-state index contributed by atoms with van der Waals surface area (Å²) >= 11 is 0. The maximum Gasteiger partial charge on any atom is 0.0653 e. The molecule has 0 aromatic carbocycles. The maximum absolute atomic E-state index is 11.7. The van der Waals surface area contributed by atoms with Crippen molar-refractivity contribution in [3.8, 4) is 0 Å². The summed E-state index contributed by atoms with van der Waals surface area (Å²) in [5, 5.41) is 11.7. The van der Waals surface area contributed by atoms with Crippen LogP contribution in [0.5, 0.6) is 0 Å². The highest BCUT2D eigenvalue weighted by Crippen LogP contribution is 2.65. The van der Waals surface area contributed by atoms with Crippen LogP contribution in [0.15, 0.2) is 12.2 Å². The van der Waals surface area contributed by atoms with Crippen molar-refractivity contribution < 1.29 is 5.11 Å². The van der Waals surface area contributed by atoms with Crippen molar-refractivity contribution in [2.45, 2.75) is 131 Å². The molecule has 4 fully saturated rings. The minimum Gasteiger partial charge on any atom is -0.390 e. The summed E-state index contributed by atoms with van der Waals surface area (Å²) in [4.78, 5) is 0. The molecule has 4 rings (SSSR count). The van der Waals surface area contributed by atoms with Crippen LogP contribution < -0.4 is 0 Å². The summed E-state index contributed by atoms with van der Waals surface area (Å²) < 4.78 is 0. The fourth-order valence-electron chi connectivity index (χ4n) is 10.4. The van der Waals surface area contributed by atoms with Gasteiger partial charge in [0.2, 0.25) is 0 Å². The Labute approximate surface area is 193 Å². The van der Waals surface area contributed by atoms with Crippen LogP contribution in [0.4, 0.5) is 0 Å². The van der Waals surface area contributed by atoms with Gasteiger partial charge in [0, 0.05) is 0 Å². The van der Waals surface area contributed by atoms with Crippen LogP contribution in [0.25, 0.3) is 0 Å². The number of hydrogen-bond acceptors (Lipinski definition) is 1. The Kier molecular flexibility index (Phi) is 5.85. The van der Waals surface area contributed by atoms with E-state index in [0.717, 1.165) is 18.3 Å². The lowest BCUT2D eigenvalue weighted by Crippen LogP contribution is -2.57. The van der Waals surface area contributed by atoms with Gasteiger partial charge in [-0.2, -0.15) is 0 Å². The molecule has 0 aromatic heterocycles. The van der Waals surface area contributed by atoms with Crippen molar-refractivity contribution in [2.75, 3.05) is 0 Å². The molecular weight excluding hydrogens is 376 g/mol. The zero-order valence-corrected chi connectivity index (χ0v) is 21.9. The highest BCUT2D eigenvalue weighted by atomic mass is 16.3. The number of allylic oxidation sites excluding steroid dienone is 1. The molecule has 0 bridgehead atoms. The van der Waals surface area contributed by atoms with Crippen LogP contribution in [0.3, 0.4) is 0 Å². The fraction of sp³-hybridized carbons (Fsp3) is 0.933. The van der Waals surface area contributed by atoms with Crippen LogP contribution in [-0.2, 0) is 0 Å². The molecule has 0 saturated heterocycles. The minimum atomic E-state index is -0.513. The van der Waals surface area contributed by atoms with Gasteiger partial charge in [-0.3, -0.25) is 0 Å². The van der Waals surface area contributed by atoms with Crippen molar-refractivity contribution in [2.24, 2.45) is 45.3 Å². The molecule has 31 heavy (non-hydrogen) atoms. The van der Waals surface area contributed by atoms with Gasteiger partial charge >= 0.3 is 0 Å². The van der Waals surface area contributed by atoms with Gasteiger partial charge in [-0.15, -0.1) is 0 Å². The molecule has 0 heterocycles. The quantitative estimate of drug-likeness (QED) is 0.446. The Morgan fingerprint density at radius 3 is 1.90 bits per heavy atom. The normalized spacial score (nSPS) is 49.2. The van der Waals surface area contributed by atoms with Crippen molar-refractivity contribution >= 4 is 0 Å². The van der Waals surface area contributed by atoms with E-state index in [4.69, 9.17) is 0 Å². The zero-order valence-electron chi connectivity index (χ0n) is 21.9. The number of aliphatic hydroxyl groups is 1. The summed E-state index contributed by atoms with van der Waals surface area (Å²) in [6.45, 7) is 22.0. The van der Waals surface area contributed by atoms with Crippen molar-refractivity contribution in [1.82, 2.24) is 0 Å². The molecule has 0 spiro atoms. The van der Waals surface area contributed by atoms with Crippen molar-refractivity contribution in [3.63, 3.8) is 0 Å². The first kappa shape index (κ1) is 23.8. The molecule has 0 radical (unpaired) electrons. The molecule has 4 saturated carbocycles. The molecule has 0 aromatic rings. The van der Waals surface area contributed by atoms with E-state index in [-0.39, 0.29) is 5.41 Å². The SMILES string of the molecule is C=C1CC[C@H]2C(C)(C)CCC[C@]2(C)[C@H]1CC[C@@H]1[C@@]2(C)CCCC(C)(C)[C@@H]2CC[C@@]1(C)O. The lowest BCUT2D eigenvalue weighted by molar-refractivity contribution is -0.172. The predicted molar refractivity (Wildman–Crippen MR) is 133 cm³/mol. The molecule has 4 aliphatic carbocycles. The molecular formula is C30H52O. The second-order valence-electron chi connectivity index (χ2n) is 14.6. The Morgan fingerprint density at radius 2 is 1.29 bits per heavy atom. The molecule has 178 valence electrons. The van der Waals surface area contributed by atoms with E-state index < -0.39 is 5.60 Å². The Bertz CT molecular complexity index is 699. The van der Waals surface area contributed by atoms with E-state index in [1.807, 2.05) is 0 Å². The molecule has 0 aliphatic heterocycles. The predicted octanol–water partition coefficient (Wildman–Crippen LogP) is 8.56. The monoisotopic (exact) mass is 428 g/mol. The Balaban J connectivity index is 1.59. The highest BCUT2D eigenvalue weighted by Gasteiger charge is 2.58. The van der Waals surface area contributed by atoms with Gasteiger partial charge in [-0.25, -0.2) is 0 Å². The van der Waals surface area contributed by atoms with Crippen molar-refractivity contribution in [3.05, 3.63) is 12.2 Å². The first-order chi connectivity index (χ1) is 14.2. The summed E-state index contributed by atoms with van der Waals surface area (Å²) in [6.07, 6.45) is 15.3. The smallest absolute Gasteiger partial charge is 0.0653 e. The van der Waals surface area contributed by atoms with Crippen LogP contribution in [0.1, 0.15) is 126 Å². The van der Waals surface area contributed by atoms with Gasteiger partial charge in [-0.05, 0) is 116 Å². The third kappa shape index (κ3) is 3.77. The lowest BCUT2D eigenvalue weighted by Gasteiger charge is -2.62. The molecule has 0 unspecified atom stereocenters. The van der Waals surface area contributed by atoms with Crippen molar-refractivity contribution in [1.29, 1.82) is 0 Å². The lowest BCUT2D eigenvalue weighted by atomic mass is 9.44. The van der Waals surface area contributed by atoms with E-state index in [9.17, 15) is 5.11 Å². The molecule has 1 N–H and O–H groups in total. The van der Waals surface area contributed by atoms with E-state index in [2.05, 4.69) is 55.0 Å². The molecule has 4 aliphatic rings. The first-order valence-corrected chi connectivity index (χ1v) is 13.6. The summed E-state index contributed by atoms with van der Waals surface area (Å²) in [5.74, 6) is 2.65. The molecule has 7 atom stereocenters. The van der Waals surface area contributed by atoms with Crippen LogP contribution in [0, 0.1) is 45.3 Å². The third-order valence-electron chi connectivity index (χ3n) is 11.8. The fourth-order valence-corrected chi connectivity index (χ4v) is 10.4. The second-order valence-corrected chi connectivity index (χ2v) is 14.6. The minimum absolute atomic E-state index is 0.283. The molecule has 0 amide bonds. The van der Waals surface area contributed by atoms with Gasteiger partial charge in [0.25, 0.3) is 0 Å². The number of fused-ring (bicyclic) bond motifs is 2. The number of rotatable bonds is 3. The highest BCUT2D eigenvalue weighted by molar-refractivity contribution is 5.16. The van der Waals surface area contributed by atoms with Gasteiger partial charge in [0.1, 0.15) is 0 Å². The largest absolute Gasteiger partial charge is 0.390 e. The van der Waals surface area contributed by atoms with Crippen LogP contribution >= 0.6 is 0 Å². The second kappa shape index (κ2) is 7.61. The first-order valence-electron chi connectivity index (χ1n) is 13.6. The van der Waals surface area contributed by atoms with E-state index >= 15 is 0 Å². The Hall–Kier alpha value is -0.300. The molecule has 1 heteroatoms. The average molecular weight is 429 g/mol. The average Bonchev–Trinajstić information content (AvgIpc) is 2.61.